The van der Waals surface area contributed by atoms with Crippen molar-refractivity contribution in [1.29, 1.82) is 0 Å². The quantitative estimate of drug-likeness (QED) is 0.903. The highest BCUT2D eigenvalue weighted by Gasteiger charge is 2.13. The standard InChI is InChI=1S/C13H14N2OS/c14-5-3-11-8-17-13(15-11)10-1-2-12-9(7-10)4-6-16-12/h1-2,7-8H,3-6,14H2. The summed E-state index contributed by atoms with van der Waals surface area (Å²) in [5.41, 5.74) is 9.09. The lowest BCUT2D eigenvalue weighted by atomic mass is 10.1. The first-order chi connectivity index (χ1) is 8.36. The van der Waals surface area contributed by atoms with Gasteiger partial charge in [-0.25, -0.2) is 4.98 Å². The van der Waals surface area contributed by atoms with Crippen molar-refractivity contribution in [2.75, 3.05) is 13.2 Å². The van der Waals surface area contributed by atoms with E-state index in [1.807, 2.05) is 6.07 Å². The van der Waals surface area contributed by atoms with Crippen molar-refractivity contribution in [2.24, 2.45) is 5.73 Å². The summed E-state index contributed by atoms with van der Waals surface area (Å²) >= 11 is 1.68. The summed E-state index contributed by atoms with van der Waals surface area (Å²) < 4.78 is 5.50. The maximum absolute atomic E-state index is 5.53. The molecule has 0 fully saturated rings. The summed E-state index contributed by atoms with van der Waals surface area (Å²) in [5, 5.41) is 3.16. The van der Waals surface area contributed by atoms with E-state index in [1.165, 1.54) is 11.1 Å². The van der Waals surface area contributed by atoms with Crippen LogP contribution in [0, 0.1) is 0 Å². The van der Waals surface area contributed by atoms with Crippen LogP contribution < -0.4 is 10.5 Å². The number of hydrogen-bond acceptors (Lipinski definition) is 4. The van der Waals surface area contributed by atoms with Crippen molar-refractivity contribution in [3.05, 3.63) is 34.8 Å². The van der Waals surface area contributed by atoms with Crippen molar-refractivity contribution >= 4 is 11.3 Å². The van der Waals surface area contributed by atoms with E-state index in [9.17, 15) is 0 Å². The van der Waals surface area contributed by atoms with E-state index in [1.54, 1.807) is 11.3 Å². The minimum Gasteiger partial charge on any atom is -0.493 e. The van der Waals surface area contributed by atoms with Gasteiger partial charge in [0.05, 0.1) is 12.3 Å². The molecular weight excluding hydrogens is 232 g/mol. The van der Waals surface area contributed by atoms with E-state index in [2.05, 4.69) is 22.5 Å². The van der Waals surface area contributed by atoms with Crippen LogP contribution in [-0.4, -0.2) is 18.1 Å². The van der Waals surface area contributed by atoms with Crippen LogP contribution >= 0.6 is 11.3 Å². The van der Waals surface area contributed by atoms with Crippen molar-refractivity contribution < 1.29 is 4.74 Å². The molecule has 1 aliphatic heterocycles. The molecule has 0 amide bonds. The topological polar surface area (TPSA) is 48.1 Å². The Kier molecular flexibility index (Phi) is 2.82. The van der Waals surface area contributed by atoms with E-state index in [4.69, 9.17) is 10.5 Å². The third-order valence-electron chi connectivity index (χ3n) is 2.89. The summed E-state index contributed by atoms with van der Waals surface area (Å²) in [6.45, 7) is 1.45. The van der Waals surface area contributed by atoms with E-state index in [0.29, 0.717) is 6.54 Å². The fourth-order valence-corrected chi connectivity index (χ4v) is 2.87. The summed E-state index contributed by atoms with van der Waals surface area (Å²) in [7, 11) is 0. The number of thiazole rings is 1. The first-order valence-corrected chi connectivity index (χ1v) is 6.65. The third-order valence-corrected chi connectivity index (χ3v) is 3.83. The third kappa shape index (κ3) is 2.06. The molecule has 4 heteroatoms. The Bertz CT molecular complexity index is 536. The highest BCUT2D eigenvalue weighted by Crippen LogP contribution is 2.31. The Morgan fingerprint density at radius 2 is 2.35 bits per heavy atom. The van der Waals surface area contributed by atoms with Gasteiger partial charge in [-0.2, -0.15) is 0 Å². The maximum Gasteiger partial charge on any atom is 0.123 e. The lowest BCUT2D eigenvalue weighted by Crippen LogP contribution is -2.02. The zero-order chi connectivity index (χ0) is 11.7. The van der Waals surface area contributed by atoms with E-state index < -0.39 is 0 Å². The number of hydrogen-bond donors (Lipinski definition) is 1. The second-order valence-corrected chi connectivity index (χ2v) is 4.96. The number of rotatable bonds is 3. The molecule has 2 heterocycles. The number of nitrogens with two attached hydrogens (primary N) is 1. The predicted molar refractivity (Wildman–Crippen MR) is 69.5 cm³/mol. The number of nitrogens with zero attached hydrogens (tertiary/aromatic N) is 1. The first-order valence-electron chi connectivity index (χ1n) is 5.77. The van der Waals surface area contributed by atoms with Gasteiger partial charge in [-0.05, 0) is 30.3 Å². The molecule has 0 spiro atoms. The van der Waals surface area contributed by atoms with Crippen molar-refractivity contribution in [2.45, 2.75) is 12.8 Å². The highest BCUT2D eigenvalue weighted by atomic mass is 32.1. The van der Waals surface area contributed by atoms with E-state index in [0.717, 1.165) is 35.9 Å². The molecule has 0 unspecified atom stereocenters. The molecule has 1 aliphatic rings. The van der Waals surface area contributed by atoms with E-state index in [-0.39, 0.29) is 0 Å². The molecule has 0 aliphatic carbocycles. The van der Waals surface area contributed by atoms with Gasteiger partial charge in [0.15, 0.2) is 0 Å². The second kappa shape index (κ2) is 4.47. The molecule has 0 bridgehead atoms. The van der Waals surface area contributed by atoms with Gasteiger partial charge >= 0.3 is 0 Å². The second-order valence-electron chi connectivity index (χ2n) is 4.10. The van der Waals surface area contributed by atoms with Gasteiger partial charge < -0.3 is 10.5 Å². The minimum absolute atomic E-state index is 0.654. The van der Waals surface area contributed by atoms with Gasteiger partial charge in [-0.15, -0.1) is 11.3 Å². The molecule has 3 rings (SSSR count). The molecule has 0 saturated carbocycles. The van der Waals surface area contributed by atoms with Crippen LogP contribution in [0.4, 0.5) is 0 Å². The van der Waals surface area contributed by atoms with Crippen LogP contribution in [0.5, 0.6) is 5.75 Å². The summed E-state index contributed by atoms with van der Waals surface area (Å²) in [4.78, 5) is 4.59. The number of ether oxygens (including phenoxy) is 1. The van der Waals surface area contributed by atoms with Gasteiger partial charge in [0.25, 0.3) is 0 Å². The lowest BCUT2D eigenvalue weighted by molar-refractivity contribution is 0.357. The average molecular weight is 246 g/mol. The monoisotopic (exact) mass is 246 g/mol. The SMILES string of the molecule is NCCc1csc(-c2ccc3c(c2)CCO3)n1. The molecule has 1 aromatic carbocycles. The number of fused-ring (bicyclic) bond motifs is 1. The molecule has 2 aromatic rings. The van der Waals surface area contributed by atoms with Crippen LogP contribution in [0.15, 0.2) is 23.6 Å². The Balaban J connectivity index is 1.92. The fourth-order valence-electron chi connectivity index (χ4n) is 2.02. The van der Waals surface area contributed by atoms with Gasteiger partial charge in [-0.3, -0.25) is 0 Å². The molecule has 0 radical (unpaired) electrons. The minimum atomic E-state index is 0.654. The van der Waals surface area contributed by atoms with Crippen molar-refractivity contribution in [3.63, 3.8) is 0 Å². The first kappa shape index (κ1) is 10.7. The smallest absolute Gasteiger partial charge is 0.123 e. The molecular formula is C13H14N2OS. The summed E-state index contributed by atoms with van der Waals surface area (Å²) in [6, 6.07) is 6.31. The molecule has 17 heavy (non-hydrogen) atoms. The zero-order valence-electron chi connectivity index (χ0n) is 9.48. The maximum atomic E-state index is 5.53. The molecule has 2 N–H and O–H groups in total. The average Bonchev–Trinajstić information content (AvgIpc) is 2.96. The molecule has 0 saturated heterocycles. The van der Waals surface area contributed by atoms with Crippen LogP contribution in [0.3, 0.4) is 0 Å². The Morgan fingerprint density at radius 1 is 1.41 bits per heavy atom. The molecule has 1 aromatic heterocycles. The Labute approximate surface area is 104 Å². The summed E-state index contributed by atoms with van der Waals surface area (Å²) in [5.74, 6) is 1.02. The Morgan fingerprint density at radius 3 is 3.24 bits per heavy atom. The van der Waals surface area contributed by atoms with Crippen LogP contribution in [0.1, 0.15) is 11.3 Å². The normalized spacial score (nSPS) is 13.5. The Hall–Kier alpha value is -1.39. The van der Waals surface area contributed by atoms with Crippen molar-refractivity contribution in [3.8, 4) is 16.3 Å². The highest BCUT2D eigenvalue weighted by molar-refractivity contribution is 7.13. The van der Waals surface area contributed by atoms with Crippen molar-refractivity contribution in [1.82, 2.24) is 4.98 Å². The molecule has 3 nitrogen and oxygen atoms in total. The van der Waals surface area contributed by atoms with Gasteiger partial charge in [0, 0.05) is 23.8 Å². The predicted octanol–water partition coefficient (Wildman–Crippen LogP) is 2.25. The van der Waals surface area contributed by atoms with Gasteiger partial charge in [-0.1, -0.05) is 0 Å². The van der Waals surface area contributed by atoms with Crippen LogP contribution in [0.25, 0.3) is 10.6 Å². The zero-order valence-corrected chi connectivity index (χ0v) is 10.3. The van der Waals surface area contributed by atoms with Crippen LogP contribution in [-0.2, 0) is 12.8 Å². The van der Waals surface area contributed by atoms with Crippen LogP contribution in [0.2, 0.25) is 0 Å². The van der Waals surface area contributed by atoms with Gasteiger partial charge in [0.1, 0.15) is 10.8 Å². The van der Waals surface area contributed by atoms with Gasteiger partial charge in [0.2, 0.25) is 0 Å². The molecule has 88 valence electrons. The largest absolute Gasteiger partial charge is 0.493 e. The number of aromatic nitrogens is 1. The molecule has 0 atom stereocenters. The number of benzene rings is 1. The lowest BCUT2D eigenvalue weighted by Gasteiger charge is -2.00. The fraction of sp³-hybridized carbons (Fsp3) is 0.308. The summed E-state index contributed by atoms with van der Waals surface area (Å²) in [6.07, 6.45) is 1.86. The van der Waals surface area contributed by atoms with E-state index >= 15 is 0 Å².